The Morgan fingerprint density at radius 2 is 1.73 bits per heavy atom. The van der Waals surface area contributed by atoms with Crippen molar-refractivity contribution >= 4 is 12.1 Å². The summed E-state index contributed by atoms with van der Waals surface area (Å²) >= 11 is 0. The van der Waals surface area contributed by atoms with Crippen molar-refractivity contribution in [2.24, 2.45) is 0 Å². The fraction of sp³-hybridized carbons (Fsp3) is 0.619. The summed E-state index contributed by atoms with van der Waals surface area (Å²) in [6, 6.07) is 9.96. The number of piperidine rings is 1. The minimum Gasteiger partial charge on any atom is -0.466 e. The van der Waals surface area contributed by atoms with Gasteiger partial charge in [0, 0.05) is 18.5 Å². The van der Waals surface area contributed by atoms with Crippen LogP contribution in [0.25, 0.3) is 0 Å². The SMILES string of the molecule is CCC[C@@H]1CCC[C@H](CCC(=O)OCC)N1C(=O)OCc1ccccc1. The molecule has 0 saturated carbocycles. The van der Waals surface area contributed by atoms with E-state index in [0.29, 0.717) is 19.4 Å². The molecule has 2 rings (SSSR count). The van der Waals surface area contributed by atoms with Gasteiger partial charge >= 0.3 is 12.1 Å². The van der Waals surface area contributed by atoms with Crippen molar-refractivity contribution in [1.29, 1.82) is 0 Å². The summed E-state index contributed by atoms with van der Waals surface area (Å²) in [5, 5.41) is 0. The normalized spacial score (nSPS) is 19.8. The molecule has 1 amide bonds. The Morgan fingerprint density at radius 1 is 1.04 bits per heavy atom. The fourth-order valence-electron chi connectivity index (χ4n) is 3.68. The second-order valence-electron chi connectivity index (χ2n) is 6.82. The van der Waals surface area contributed by atoms with Crippen molar-refractivity contribution in [2.45, 2.75) is 77.5 Å². The summed E-state index contributed by atoms with van der Waals surface area (Å²) in [4.78, 5) is 26.4. The van der Waals surface area contributed by atoms with Crippen LogP contribution in [0.15, 0.2) is 30.3 Å². The quantitative estimate of drug-likeness (QED) is 0.630. The van der Waals surface area contributed by atoms with E-state index in [2.05, 4.69) is 6.92 Å². The molecule has 0 unspecified atom stereocenters. The van der Waals surface area contributed by atoms with Crippen LogP contribution in [0.3, 0.4) is 0 Å². The van der Waals surface area contributed by atoms with Gasteiger partial charge in [-0.2, -0.15) is 0 Å². The third kappa shape index (κ3) is 6.04. The molecule has 1 saturated heterocycles. The molecule has 0 aromatic heterocycles. The minimum absolute atomic E-state index is 0.0491. The molecule has 0 radical (unpaired) electrons. The van der Waals surface area contributed by atoms with Crippen LogP contribution in [0.5, 0.6) is 0 Å². The number of benzene rings is 1. The number of nitrogens with zero attached hydrogens (tertiary/aromatic N) is 1. The monoisotopic (exact) mass is 361 g/mol. The second kappa shape index (κ2) is 10.8. The van der Waals surface area contributed by atoms with Gasteiger partial charge in [0.15, 0.2) is 0 Å². The summed E-state index contributed by atoms with van der Waals surface area (Å²) in [6.07, 6.45) is 5.72. The maximum absolute atomic E-state index is 12.8. The standard InChI is InChI=1S/C21H31NO4/c1-3-9-18-12-8-13-19(14-15-20(23)25-4-2)22(18)21(24)26-16-17-10-6-5-7-11-17/h5-7,10-11,18-19H,3-4,8-9,12-16H2,1-2H3/t18-,19-/m1/s1. The van der Waals surface area contributed by atoms with Crippen LogP contribution in [0.4, 0.5) is 4.79 Å². The van der Waals surface area contributed by atoms with Crippen molar-refractivity contribution < 1.29 is 19.1 Å². The summed E-state index contributed by atoms with van der Waals surface area (Å²) in [7, 11) is 0. The lowest BCUT2D eigenvalue weighted by molar-refractivity contribution is -0.143. The molecular weight excluding hydrogens is 330 g/mol. The van der Waals surface area contributed by atoms with Gasteiger partial charge in [-0.05, 0) is 44.6 Å². The molecule has 1 aromatic carbocycles. The van der Waals surface area contributed by atoms with E-state index in [1.54, 1.807) is 0 Å². The summed E-state index contributed by atoms with van der Waals surface area (Å²) in [5.74, 6) is -0.192. The van der Waals surface area contributed by atoms with Crippen molar-refractivity contribution in [3.05, 3.63) is 35.9 Å². The fourth-order valence-corrected chi connectivity index (χ4v) is 3.68. The maximum Gasteiger partial charge on any atom is 0.410 e. The number of carbonyl (C=O) groups excluding carboxylic acids is 2. The van der Waals surface area contributed by atoms with Gasteiger partial charge in [-0.15, -0.1) is 0 Å². The molecule has 0 aliphatic carbocycles. The predicted molar refractivity (Wildman–Crippen MR) is 101 cm³/mol. The van der Waals surface area contributed by atoms with Crippen LogP contribution in [-0.4, -0.2) is 35.7 Å². The second-order valence-corrected chi connectivity index (χ2v) is 6.82. The van der Waals surface area contributed by atoms with Crippen LogP contribution in [0.2, 0.25) is 0 Å². The Morgan fingerprint density at radius 3 is 2.38 bits per heavy atom. The molecule has 0 spiro atoms. The number of rotatable bonds is 8. The highest BCUT2D eigenvalue weighted by atomic mass is 16.6. The lowest BCUT2D eigenvalue weighted by Gasteiger charge is -2.41. The van der Waals surface area contributed by atoms with Gasteiger partial charge in [0.2, 0.25) is 0 Å². The van der Waals surface area contributed by atoms with Crippen LogP contribution < -0.4 is 0 Å². The average molecular weight is 361 g/mol. The van der Waals surface area contributed by atoms with E-state index in [0.717, 1.165) is 37.7 Å². The maximum atomic E-state index is 12.8. The first-order chi connectivity index (χ1) is 12.7. The molecule has 0 bridgehead atoms. The Labute approximate surface area is 156 Å². The largest absolute Gasteiger partial charge is 0.466 e. The number of amides is 1. The van der Waals surface area contributed by atoms with E-state index in [4.69, 9.17) is 9.47 Å². The van der Waals surface area contributed by atoms with E-state index >= 15 is 0 Å². The third-order valence-corrected chi connectivity index (χ3v) is 4.89. The van der Waals surface area contributed by atoms with Crippen LogP contribution in [-0.2, 0) is 20.9 Å². The molecule has 1 heterocycles. The van der Waals surface area contributed by atoms with Crippen LogP contribution in [0.1, 0.15) is 64.4 Å². The van der Waals surface area contributed by atoms with E-state index < -0.39 is 0 Å². The Hall–Kier alpha value is -2.04. The first-order valence-corrected chi connectivity index (χ1v) is 9.80. The summed E-state index contributed by atoms with van der Waals surface area (Å²) < 4.78 is 10.6. The van der Waals surface area contributed by atoms with Gasteiger partial charge in [-0.3, -0.25) is 4.79 Å². The summed E-state index contributed by atoms with van der Waals surface area (Å²) in [5.41, 5.74) is 0.980. The molecule has 1 aromatic rings. The molecule has 26 heavy (non-hydrogen) atoms. The van der Waals surface area contributed by atoms with E-state index in [1.165, 1.54) is 0 Å². The summed E-state index contributed by atoms with van der Waals surface area (Å²) in [6.45, 7) is 4.61. The Bertz CT molecular complexity index is 558. The number of likely N-dealkylation sites (tertiary alicyclic amines) is 1. The number of esters is 1. The predicted octanol–water partition coefficient (Wildman–Crippen LogP) is 4.69. The van der Waals surface area contributed by atoms with E-state index in [9.17, 15) is 9.59 Å². The molecule has 5 nitrogen and oxygen atoms in total. The average Bonchev–Trinajstić information content (AvgIpc) is 2.66. The van der Waals surface area contributed by atoms with Crippen molar-refractivity contribution in [3.63, 3.8) is 0 Å². The van der Waals surface area contributed by atoms with Gasteiger partial charge in [0.05, 0.1) is 6.61 Å². The van der Waals surface area contributed by atoms with Gasteiger partial charge in [-0.1, -0.05) is 43.7 Å². The van der Waals surface area contributed by atoms with Crippen molar-refractivity contribution in [3.8, 4) is 0 Å². The van der Waals surface area contributed by atoms with Crippen LogP contribution in [0, 0.1) is 0 Å². The van der Waals surface area contributed by atoms with E-state index in [1.807, 2.05) is 42.2 Å². The molecule has 1 aliphatic heterocycles. The van der Waals surface area contributed by atoms with E-state index in [-0.39, 0.29) is 30.8 Å². The van der Waals surface area contributed by atoms with Gasteiger partial charge < -0.3 is 14.4 Å². The van der Waals surface area contributed by atoms with Gasteiger partial charge in [-0.25, -0.2) is 4.79 Å². The zero-order valence-electron chi connectivity index (χ0n) is 16.0. The topological polar surface area (TPSA) is 55.8 Å². The molecule has 1 fully saturated rings. The lowest BCUT2D eigenvalue weighted by atomic mass is 9.91. The number of carbonyl (C=O) groups is 2. The molecule has 1 aliphatic rings. The Balaban J connectivity index is 2.00. The zero-order valence-corrected chi connectivity index (χ0v) is 16.0. The Kier molecular flexibility index (Phi) is 8.45. The van der Waals surface area contributed by atoms with Crippen molar-refractivity contribution in [1.82, 2.24) is 4.90 Å². The smallest absolute Gasteiger partial charge is 0.410 e. The molecule has 0 N–H and O–H groups in total. The molecular formula is C21H31NO4. The van der Waals surface area contributed by atoms with Crippen LogP contribution >= 0.6 is 0 Å². The lowest BCUT2D eigenvalue weighted by Crippen LogP contribution is -2.50. The highest BCUT2D eigenvalue weighted by molar-refractivity contribution is 5.70. The molecule has 5 heteroatoms. The number of hydrogen-bond acceptors (Lipinski definition) is 4. The number of hydrogen-bond donors (Lipinski definition) is 0. The van der Waals surface area contributed by atoms with Gasteiger partial charge in [0.25, 0.3) is 0 Å². The first kappa shape index (κ1) is 20.3. The number of ether oxygens (including phenoxy) is 2. The first-order valence-electron chi connectivity index (χ1n) is 9.80. The highest BCUT2D eigenvalue weighted by Crippen LogP contribution is 2.29. The highest BCUT2D eigenvalue weighted by Gasteiger charge is 2.34. The molecule has 2 atom stereocenters. The zero-order chi connectivity index (χ0) is 18.8. The van der Waals surface area contributed by atoms with Crippen molar-refractivity contribution in [2.75, 3.05) is 6.61 Å². The molecule has 144 valence electrons. The van der Waals surface area contributed by atoms with Gasteiger partial charge in [0.1, 0.15) is 6.61 Å². The minimum atomic E-state index is -0.263. The third-order valence-electron chi connectivity index (χ3n) is 4.89.